The molecule has 7 aromatic heterocycles. The van der Waals surface area contributed by atoms with Crippen LogP contribution in [0.1, 0.15) is 0 Å². The molecule has 0 spiro atoms. The Morgan fingerprint density at radius 2 is 0.952 bits per heavy atom. The van der Waals surface area contributed by atoms with E-state index in [1.54, 1.807) is 0 Å². The number of para-hydroxylation sites is 4. The highest BCUT2D eigenvalue weighted by Gasteiger charge is 2.28. The number of rotatable bonds is 1. The fourth-order valence-corrected chi connectivity index (χ4v) is 12.1. The van der Waals surface area contributed by atoms with Gasteiger partial charge >= 0.3 is 0 Å². The van der Waals surface area contributed by atoms with E-state index in [2.05, 4.69) is 173 Å². The second-order valence-electron chi connectivity index (χ2n) is 17.5. The summed E-state index contributed by atoms with van der Waals surface area (Å²) in [6, 6.07) is 61.5. The van der Waals surface area contributed by atoms with Gasteiger partial charge in [-0.25, -0.2) is 0 Å². The maximum atomic E-state index is 7.24. The molecule has 5 nitrogen and oxygen atoms in total. The van der Waals surface area contributed by atoms with Crippen molar-refractivity contribution in [2.75, 3.05) is 0 Å². The normalized spacial score (nSPS) is 13.1. The average Bonchev–Trinajstić information content (AvgIpc) is 4.19. The van der Waals surface area contributed by atoms with Gasteiger partial charge in [0, 0.05) is 75.6 Å². The van der Waals surface area contributed by atoms with Crippen LogP contribution in [0.3, 0.4) is 0 Å². The Labute approximate surface area is 354 Å². The molecule has 288 valence electrons. The summed E-state index contributed by atoms with van der Waals surface area (Å²) in [6.07, 6.45) is 0. The van der Waals surface area contributed by atoms with Gasteiger partial charge in [0.05, 0.1) is 38.5 Å². The maximum absolute atomic E-state index is 7.24. The van der Waals surface area contributed by atoms with Crippen LogP contribution in [0.15, 0.2) is 183 Å². The largest absolute Gasteiger partial charge is 0.456 e. The lowest BCUT2D eigenvalue weighted by atomic mass is 9.95. The summed E-state index contributed by atoms with van der Waals surface area (Å²) in [5.41, 5.74) is 14.5. The van der Waals surface area contributed by atoms with E-state index in [4.69, 9.17) is 13.3 Å². The van der Waals surface area contributed by atoms with E-state index < -0.39 is 0 Å². The number of aromatic nitrogens is 2. The van der Waals surface area contributed by atoms with Crippen molar-refractivity contribution in [1.29, 1.82) is 0 Å². The molecule has 0 amide bonds. The summed E-state index contributed by atoms with van der Waals surface area (Å²) < 4.78 is 25.6. The van der Waals surface area contributed by atoms with Crippen LogP contribution in [0, 0.1) is 0 Å². The van der Waals surface area contributed by atoms with Crippen molar-refractivity contribution in [2.45, 2.75) is 0 Å². The molecule has 7 heterocycles. The Hall–Kier alpha value is -8.54. The Kier molecular flexibility index (Phi) is 5.22. The van der Waals surface area contributed by atoms with Crippen LogP contribution in [0.4, 0.5) is 0 Å². The van der Waals surface area contributed by atoms with Crippen LogP contribution in [-0.4, -0.2) is 8.80 Å². The minimum absolute atomic E-state index is 0.841. The van der Waals surface area contributed by atoms with Crippen molar-refractivity contribution in [2.24, 2.45) is 0 Å². The van der Waals surface area contributed by atoms with Crippen LogP contribution < -0.4 is 0 Å². The molecule has 0 N–H and O–H groups in total. The van der Waals surface area contributed by atoms with Gasteiger partial charge in [0.25, 0.3) is 0 Å². The molecule has 0 saturated heterocycles. The molecule has 0 bridgehead atoms. The number of hydrogen-bond donors (Lipinski definition) is 0. The van der Waals surface area contributed by atoms with Gasteiger partial charge in [-0.2, -0.15) is 0 Å². The first-order chi connectivity index (χ1) is 31.3. The number of benzene rings is 10. The van der Waals surface area contributed by atoms with Gasteiger partial charge in [0.15, 0.2) is 0 Å². The predicted octanol–water partition coefficient (Wildman–Crippen LogP) is 16.5. The monoisotopic (exact) mass is 800 g/mol. The Morgan fingerprint density at radius 1 is 0.286 bits per heavy atom. The zero-order valence-electron chi connectivity index (χ0n) is 33.3. The molecule has 0 atom stereocenters. The van der Waals surface area contributed by atoms with Crippen molar-refractivity contribution < 1.29 is 13.3 Å². The molecular weight excluding hydrogens is 773 g/mol. The Balaban J connectivity index is 1.03. The third kappa shape index (κ3) is 3.52. The van der Waals surface area contributed by atoms with Gasteiger partial charge in [0.1, 0.15) is 33.5 Å². The van der Waals surface area contributed by atoms with Gasteiger partial charge in [-0.1, -0.05) is 103 Å². The summed E-state index contributed by atoms with van der Waals surface area (Å²) in [5, 5.41) is 18.9. The smallest absolute Gasteiger partial charge is 0.145 e. The first kappa shape index (κ1) is 31.4. The van der Waals surface area contributed by atoms with E-state index in [1.807, 2.05) is 6.07 Å². The summed E-state index contributed by atoms with van der Waals surface area (Å²) in [5.74, 6) is 0. The van der Waals surface area contributed by atoms with Crippen molar-refractivity contribution in [3.63, 3.8) is 0 Å². The average molecular weight is 801 g/mol. The highest BCUT2D eigenvalue weighted by atomic mass is 16.3. The van der Waals surface area contributed by atoms with E-state index in [0.717, 1.165) is 93.2 Å². The number of hydrogen-bond acceptors (Lipinski definition) is 3. The van der Waals surface area contributed by atoms with Crippen LogP contribution in [0.5, 0.6) is 0 Å². The fraction of sp³-hybridized carbons (Fsp3) is 0. The lowest BCUT2D eigenvalue weighted by Gasteiger charge is -2.07. The SMILES string of the molecule is c1ccc2c(c1)cc1c3c4c(oc5ccccc54)c(-c4ccc5c(c4)oc4c5cc5c6ccccc6n6c7ccc8oc9ccccc9c8c7c4c56)cc3n3c4ccccc4c2c13. The zero-order chi connectivity index (χ0) is 40.4. The van der Waals surface area contributed by atoms with Crippen molar-refractivity contribution >= 4 is 153 Å². The van der Waals surface area contributed by atoms with Crippen molar-refractivity contribution in [3.8, 4) is 11.1 Å². The molecule has 0 fully saturated rings. The zero-order valence-corrected chi connectivity index (χ0v) is 33.3. The van der Waals surface area contributed by atoms with E-state index in [0.29, 0.717) is 0 Å². The molecule has 17 rings (SSSR count). The first-order valence-electron chi connectivity index (χ1n) is 21.6. The second-order valence-corrected chi connectivity index (χ2v) is 17.5. The van der Waals surface area contributed by atoms with E-state index >= 15 is 0 Å². The molecule has 5 heteroatoms. The molecule has 0 aliphatic carbocycles. The number of furan rings is 3. The molecule has 63 heavy (non-hydrogen) atoms. The number of nitrogens with zero attached hydrogens (tertiary/aromatic N) is 2. The molecule has 0 unspecified atom stereocenters. The molecule has 17 aromatic rings. The molecule has 0 saturated carbocycles. The minimum Gasteiger partial charge on any atom is -0.456 e. The molecule has 0 radical (unpaired) electrons. The van der Waals surface area contributed by atoms with E-state index in [1.165, 1.54) is 70.7 Å². The van der Waals surface area contributed by atoms with Crippen LogP contribution in [0.25, 0.3) is 164 Å². The van der Waals surface area contributed by atoms with Crippen LogP contribution in [0.2, 0.25) is 0 Å². The van der Waals surface area contributed by atoms with Crippen LogP contribution in [-0.2, 0) is 0 Å². The fourth-order valence-electron chi connectivity index (χ4n) is 12.1. The second kappa shape index (κ2) is 10.5. The van der Waals surface area contributed by atoms with Gasteiger partial charge in [-0.05, 0) is 83.1 Å². The Bertz CT molecular complexity index is 4910. The lowest BCUT2D eigenvalue weighted by molar-refractivity contribution is 0.669. The standard InChI is InChI=1S/C58H28N2O3/c1-2-12-31-29(11-1)25-40-50-44(60-42-18-8-4-14-34(42)49(31)56(40)60)28-37(57-52(50)36-16-6-10-20-46(36)62-57)30-21-22-33-39-27-38-32-13-3-7-17-41(32)59-43-23-24-47-51(35-15-5-9-19-45(35)61-47)53(43)54(55(38)59)58(39)63-48(33)26-30/h1-28H. The third-order valence-corrected chi connectivity index (χ3v) is 14.5. The topological polar surface area (TPSA) is 48.2 Å². The molecule has 0 aliphatic heterocycles. The number of fused-ring (bicyclic) bond motifs is 26. The highest BCUT2D eigenvalue weighted by Crippen LogP contribution is 2.52. The molecule has 10 aromatic carbocycles. The van der Waals surface area contributed by atoms with Crippen LogP contribution >= 0.6 is 0 Å². The van der Waals surface area contributed by atoms with Gasteiger partial charge in [0.2, 0.25) is 0 Å². The van der Waals surface area contributed by atoms with Gasteiger partial charge in [-0.3, -0.25) is 0 Å². The summed E-state index contributed by atoms with van der Waals surface area (Å²) in [7, 11) is 0. The third-order valence-electron chi connectivity index (χ3n) is 14.5. The summed E-state index contributed by atoms with van der Waals surface area (Å²) in [4.78, 5) is 0. The van der Waals surface area contributed by atoms with E-state index in [-0.39, 0.29) is 0 Å². The quantitative estimate of drug-likeness (QED) is 0.166. The van der Waals surface area contributed by atoms with Crippen molar-refractivity contribution in [1.82, 2.24) is 8.80 Å². The Morgan fingerprint density at radius 3 is 1.81 bits per heavy atom. The first-order valence-corrected chi connectivity index (χ1v) is 21.6. The van der Waals surface area contributed by atoms with Gasteiger partial charge < -0.3 is 22.1 Å². The molecular formula is C58H28N2O3. The minimum atomic E-state index is 0.841. The van der Waals surface area contributed by atoms with E-state index in [9.17, 15) is 0 Å². The summed E-state index contributed by atoms with van der Waals surface area (Å²) in [6.45, 7) is 0. The van der Waals surface area contributed by atoms with Crippen molar-refractivity contribution in [3.05, 3.63) is 170 Å². The maximum Gasteiger partial charge on any atom is 0.145 e. The van der Waals surface area contributed by atoms with Gasteiger partial charge in [-0.15, -0.1) is 0 Å². The highest BCUT2D eigenvalue weighted by molar-refractivity contribution is 6.40. The summed E-state index contributed by atoms with van der Waals surface area (Å²) >= 11 is 0. The molecule has 0 aliphatic rings. The predicted molar refractivity (Wildman–Crippen MR) is 261 cm³/mol. The lowest BCUT2D eigenvalue weighted by Crippen LogP contribution is -1.85.